The third kappa shape index (κ3) is 2.53. The maximum Gasteiger partial charge on any atom is 0.344 e. The lowest BCUT2D eigenvalue weighted by Gasteiger charge is -2.13. The molecule has 4 heteroatoms. The van der Waals surface area contributed by atoms with Crippen molar-refractivity contribution >= 4 is 16.9 Å². The van der Waals surface area contributed by atoms with Gasteiger partial charge in [0, 0.05) is 17.6 Å². The van der Waals surface area contributed by atoms with E-state index in [1.54, 1.807) is 25.3 Å². The summed E-state index contributed by atoms with van der Waals surface area (Å²) in [4.78, 5) is 15.1. The van der Waals surface area contributed by atoms with E-state index in [1.807, 2.05) is 18.2 Å². The quantitative estimate of drug-likeness (QED) is 0.878. The first kappa shape index (κ1) is 11.4. The molecule has 0 bridgehead atoms. The van der Waals surface area contributed by atoms with Gasteiger partial charge in [-0.15, -0.1) is 0 Å². The molecule has 0 amide bonds. The van der Waals surface area contributed by atoms with E-state index in [4.69, 9.17) is 9.84 Å². The SMILES string of the molecule is CCC(Oc1ccc2cccnc2c1)C(=O)O. The minimum Gasteiger partial charge on any atom is -0.479 e. The number of nitrogens with zero attached hydrogens (tertiary/aromatic N) is 1. The maximum atomic E-state index is 10.9. The van der Waals surface area contributed by atoms with Crippen LogP contribution in [0.3, 0.4) is 0 Å². The van der Waals surface area contributed by atoms with Gasteiger partial charge < -0.3 is 9.84 Å². The minimum atomic E-state index is -0.950. The molecule has 2 aromatic rings. The summed E-state index contributed by atoms with van der Waals surface area (Å²) < 4.78 is 5.39. The van der Waals surface area contributed by atoms with Crippen molar-refractivity contribution in [2.75, 3.05) is 0 Å². The first-order chi connectivity index (χ1) is 8.20. The smallest absolute Gasteiger partial charge is 0.344 e. The Morgan fingerprint density at radius 1 is 1.47 bits per heavy atom. The highest BCUT2D eigenvalue weighted by molar-refractivity contribution is 5.80. The van der Waals surface area contributed by atoms with Crippen molar-refractivity contribution in [1.29, 1.82) is 0 Å². The molecule has 0 saturated heterocycles. The van der Waals surface area contributed by atoms with Crippen molar-refractivity contribution in [2.45, 2.75) is 19.4 Å². The second kappa shape index (κ2) is 4.82. The van der Waals surface area contributed by atoms with E-state index in [0.717, 1.165) is 10.9 Å². The van der Waals surface area contributed by atoms with Crippen LogP contribution in [0.5, 0.6) is 5.75 Å². The molecule has 0 saturated carbocycles. The zero-order valence-electron chi connectivity index (χ0n) is 9.46. The number of hydrogen-bond acceptors (Lipinski definition) is 3. The van der Waals surface area contributed by atoms with Crippen LogP contribution in [0.4, 0.5) is 0 Å². The zero-order chi connectivity index (χ0) is 12.3. The average molecular weight is 231 g/mol. The largest absolute Gasteiger partial charge is 0.479 e. The summed E-state index contributed by atoms with van der Waals surface area (Å²) >= 11 is 0. The van der Waals surface area contributed by atoms with Crippen molar-refractivity contribution in [3.05, 3.63) is 36.5 Å². The Labute approximate surface area is 98.9 Å². The van der Waals surface area contributed by atoms with Gasteiger partial charge in [-0.3, -0.25) is 4.98 Å². The molecule has 0 spiro atoms. The molecule has 2 rings (SSSR count). The number of carboxylic acids is 1. The van der Waals surface area contributed by atoms with Crippen LogP contribution >= 0.6 is 0 Å². The van der Waals surface area contributed by atoms with Gasteiger partial charge in [-0.1, -0.05) is 13.0 Å². The summed E-state index contributed by atoms with van der Waals surface area (Å²) in [5.41, 5.74) is 0.797. The van der Waals surface area contributed by atoms with E-state index in [-0.39, 0.29) is 0 Å². The second-order valence-corrected chi connectivity index (χ2v) is 3.71. The lowest BCUT2D eigenvalue weighted by Crippen LogP contribution is -2.25. The van der Waals surface area contributed by atoms with E-state index in [2.05, 4.69) is 4.98 Å². The van der Waals surface area contributed by atoms with Gasteiger partial charge in [-0.25, -0.2) is 4.79 Å². The predicted octanol–water partition coefficient (Wildman–Crippen LogP) is 2.48. The van der Waals surface area contributed by atoms with E-state index in [1.165, 1.54) is 0 Å². The fourth-order valence-electron chi connectivity index (χ4n) is 1.59. The topological polar surface area (TPSA) is 59.4 Å². The van der Waals surface area contributed by atoms with Crippen LogP contribution in [0, 0.1) is 0 Å². The van der Waals surface area contributed by atoms with Crippen LogP contribution in [0.25, 0.3) is 10.9 Å². The van der Waals surface area contributed by atoms with Crippen molar-refractivity contribution < 1.29 is 14.6 Å². The molecule has 1 atom stereocenters. The number of aromatic nitrogens is 1. The average Bonchev–Trinajstić information content (AvgIpc) is 2.35. The van der Waals surface area contributed by atoms with Crippen molar-refractivity contribution in [2.24, 2.45) is 0 Å². The van der Waals surface area contributed by atoms with Gasteiger partial charge in [0.15, 0.2) is 6.10 Å². The van der Waals surface area contributed by atoms with E-state index >= 15 is 0 Å². The number of carboxylic acid groups (broad SMARTS) is 1. The predicted molar refractivity (Wildman–Crippen MR) is 64.1 cm³/mol. The molecule has 0 aliphatic carbocycles. The minimum absolute atomic E-state index is 0.426. The Morgan fingerprint density at radius 2 is 2.29 bits per heavy atom. The molecular formula is C13H13NO3. The summed E-state index contributed by atoms with van der Waals surface area (Å²) in [6.45, 7) is 1.78. The molecule has 1 aromatic carbocycles. The van der Waals surface area contributed by atoms with Crippen LogP contribution in [0.2, 0.25) is 0 Å². The second-order valence-electron chi connectivity index (χ2n) is 3.71. The number of carbonyl (C=O) groups is 1. The molecule has 0 aliphatic rings. The van der Waals surface area contributed by atoms with Crippen LogP contribution in [-0.2, 0) is 4.79 Å². The molecule has 0 fully saturated rings. The standard InChI is InChI=1S/C13H13NO3/c1-2-12(13(15)16)17-10-6-5-9-4-3-7-14-11(9)8-10/h3-8,12H,2H2,1H3,(H,15,16). The first-order valence-electron chi connectivity index (χ1n) is 5.45. The molecule has 1 heterocycles. The third-order valence-corrected chi connectivity index (χ3v) is 2.50. The summed E-state index contributed by atoms with van der Waals surface area (Å²) in [7, 11) is 0. The summed E-state index contributed by atoms with van der Waals surface area (Å²) in [5, 5.41) is 9.91. The molecule has 1 aromatic heterocycles. The molecule has 0 radical (unpaired) electrons. The van der Waals surface area contributed by atoms with Crippen LogP contribution < -0.4 is 4.74 Å². The van der Waals surface area contributed by atoms with Gasteiger partial charge in [-0.2, -0.15) is 0 Å². The molecule has 1 N–H and O–H groups in total. The van der Waals surface area contributed by atoms with E-state index in [0.29, 0.717) is 12.2 Å². The fraction of sp³-hybridized carbons (Fsp3) is 0.231. The number of pyridine rings is 1. The van der Waals surface area contributed by atoms with Gasteiger partial charge in [0.2, 0.25) is 0 Å². The van der Waals surface area contributed by atoms with E-state index in [9.17, 15) is 4.79 Å². The van der Waals surface area contributed by atoms with E-state index < -0.39 is 12.1 Å². The highest BCUT2D eigenvalue weighted by atomic mass is 16.5. The van der Waals surface area contributed by atoms with Crippen molar-refractivity contribution in [3.63, 3.8) is 0 Å². The number of ether oxygens (including phenoxy) is 1. The Bertz CT molecular complexity index is 539. The molecule has 4 nitrogen and oxygen atoms in total. The Kier molecular flexibility index (Phi) is 3.23. The number of rotatable bonds is 4. The first-order valence-corrected chi connectivity index (χ1v) is 5.45. The molecule has 88 valence electrons. The molecular weight excluding hydrogens is 218 g/mol. The number of fused-ring (bicyclic) bond motifs is 1. The normalized spacial score (nSPS) is 12.3. The lowest BCUT2D eigenvalue weighted by molar-refractivity contribution is -0.145. The van der Waals surface area contributed by atoms with Crippen molar-refractivity contribution in [1.82, 2.24) is 4.98 Å². The molecule has 1 unspecified atom stereocenters. The Balaban J connectivity index is 2.27. The monoisotopic (exact) mass is 231 g/mol. The van der Waals surface area contributed by atoms with Gasteiger partial charge in [0.05, 0.1) is 5.52 Å². The molecule has 17 heavy (non-hydrogen) atoms. The van der Waals surface area contributed by atoms with Crippen LogP contribution in [0.15, 0.2) is 36.5 Å². The van der Waals surface area contributed by atoms with Crippen molar-refractivity contribution in [3.8, 4) is 5.75 Å². The number of aliphatic carboxylic acids is 1. The molecule has 0 aliphatic heterocycles. The lowest BCUT2D eigenvalue weighted by atomic mass is 10.2. The summed E-state index contributed by atoms with van der Waals surface area (Å²) in [6.07, 6.45) is 1.31. The highest BCUT2D eigenvalue weighted by Gasteiger charge is 2.16. The van der Waals surface area contributed by atoms with Crippen LogP contribution in [0.1, 0.15) is 13.3 Å². The van der Waals surface area contributed by atoms with Gasteiger partial charge in [0.1, 0.15) is 5.75 Å². The van der Waals surface area contributed by atoms with Gasteiger partial charge in [0.25, 0.3) is 0 Å². The highest BCUT2D eigenvalue weighted by Crippen LogP contribution is 2.20. The maximum absolute atomic E-state index is 10.9. The summed E-state index contributed by atoms with van der Waals surface area (Å²) in [6, 6.07) is 9.18. The Hall–Kier alpha value is -2.10. The van der Waals surface area contributed by atoms with Crippen LogP contribution in [-0.4, -0.2) is 22.2 Å². The number of hydrogen-bond donors (Lipinski definition) is 1. The summed E-state index contributed by atoms with van der Waals surface area (Å²) in [5.74, 6) is -0.418. The van der Waals surface area contributed by atoms with Gasteiger partial charge in [-0.05, 0) is 24.6 Å². The zero-order valence-corrected chi connectivity index (χ0v) is 9.46. The third-order valence-electron chi connectivity index (χ3n) is 2.50. The Morgan fingerprint density at radius 3 is 3.00 bits per heavy atom. The van der Waals surface area contributed by atoms with Gasteiger partial charge >= 0.3 is 5.97 Å². The fourth-order valence-corrected chi connectivity index (χ4v) is 1.59. The number of benzene rings is 1.